The zero-order valence-corrected chi connectivity index (χ0v) is 18.9. The van der Waals surface area contributed by atoms with E-state index in [4.69, 9.17) is 0 Å². The second kappa shape index (κ2) is 9.26. The van der Waals surface area contributed by atoms with Crippen molar-refractivity contribution in [2.24, 2.45) is 0 Å². The van der Waals surface area contributed by atoms with Crippen molar-refractivity contribution in [2.75, 3.05) is 5.32 Å². The summed E-state index contributed by atoms with van der Waals surface area (Å²) in [6.45, 7) is 0.0422. The lowest BCUT2D eigenvalue weighted by molar-refractivity contribution is -0.0525. The average molecular weight is 496 g/mol. The van der Waals surface area contributed by atoms with Gasteiger partial charge in [-0.1, -0.05) is 6.07 Å². The van der Waals surface area contributed by atoms with Gasteiger partial charge in [0.25, 0.3) is 0 Å². The molecule has 1 atom stereocenters. The number of fused-ring (bicyclic) bond motifs is 1. The fraction of sp³-hybridized carbons (Fsp3) is 0.174. The summed E-state index contributed by atoms with van der Waals surface area (Å²) in [4.78, 5) is 8.95. The van der Waals surface area contributed by atoms with E-state index >= 15 is 0 Å². The molecule has 0 saturated carbocycles. The summed E-state index contributed by atoms with van der Waals surface area (Å²) in [5, 5.41) is 27.2. The molecule has 3 N–H and O–H groups in total. The Balaban J connectivity index is 1.60. The normalized spacial score (nSPS) is 12.3. The molecule has 0 saturated heterocycles. The van der Waals surface area contributed by atoms with Crippen molar-refractivity contribution in [3.8, 4) is 23.0 Å². The molecule has 0 bridgehead atoms. The smallest absolute Gasteiger partial charge is 0.388 e. The number of halogens is 3. The van der Waals surface area contributed by atoms with E-state index in [1.807, 2.05) is 0 Å². The minimum absolute atomic E-state index is 0.161. The van der Waals surface area contributed by atoms with Gasteiger partial charge in [0.05, 0.1) is 34.1 Å². The lowest BCUT2D eigenvalue weighted by atomic mass is 10.0. The van der Waals surface area contributed by atoms with E-state index in [9.17, 15) is 18.3 Å². The van der Waals surface area contributed by atoms with Crippen molar-refractivity contribution < 1.29 is 23.0 Å². The zero-order valence-electron chi connectivity index (χ0n) is 18.9. The summed E-state index contributed by atoms with van der Waals surface area (Å²) < 4.78 is 47.0. The van der Waals surface area contributed by atoms with E-state index in [1.54, 1.807) is 35.8 Å². The highest BCUT2D eigenvalue weighted by Gasteiger charge is 2.24. The molecule has 0 aliphatic rings. The van der Waals surface area contributed by atoms with E-state index in [1.165, 1.54) is 31.6 Å². The van der Waals surface area contributed by atoms with Gasteiger partial charge in [-0.15, -0.1) is 10.2 Å². The largest absolute Gasteiger partial charge is 0.415 e. The fourth-order valence-electron chi connectivity index (χ4n) is 3.80. The number of benzene rings is 1. The molecule has 5 rings (SSSR count). The summed E-state index contributed by atoms with van der Waals surface area (Å²) in [5.41, 5.74) is 2.19. The minimum Gasteiger partial charge on any atom is -0.415 e. The summed E-state index contributed by atoms with van der Waals surface area (Å²) in [6, 6.07) is 9.34. The molecule has 0 aliphatic carbocycles. The molecule has 5 aromatic rings. The van der Waals surface area contributed by atoms with Crippen LogP contribution in [0.4, 0.5) is 24.7 Å². The Bertz CT molecular complexity index is 1540. The van der Waals surface area contributed by atoms with Gasteiger partial charge in [-0.3, -0.25) is 9.67 Å². The van der Waals surface area contributed by atoms with Crippen molar-refractivity contribution in [3.05, 3.63) is 66.0 Å². The van der Waals surface area contributed by atoms with Crippen molar-refractivity contribution >= 4 is 22.5 Å². The zero-order chi connectivity index (χ0) is 25.4. The molecule has 184 valence electrons. The van der Waals surface area contributed by atoms with Gasteiger partial charge in [0.1, 0.15) is 18.0 Å². The second-order valence-electron chi connectivity index (χ2n) is 7.86. The lowest BCUT2D eigenvalue weighted by Crippen LogP contribution is -2.07. The van der Waals surface area contributed by atoms with E-state index in [0.717, 1.165) is 0 Å². The van der Waals surface area contributed by atoms with Crippen molar-refractivity contribution in [2.45, 2.75) is 26.6 Å². The number of aliphatic hydroxyl groups excluding tert-OH is 1. The molecule has 0 aliphatic heterocycles. The number of ether oxygens (including phenoxy) is 1. The number of nitrogens with one attached hydrogen (secondary N) is 2. The molecular weight excluding hydrogens is 477 g/mol. The number of aliphatic hydroxyl groups is 1. The Morgan fingerprint density at radius 2 is 2.03 bits per heavy atom. The third-order valence-electron chi connectivity index (χ3n) is 5.43. The van der Waals surface area contributed by atoms with Crippen LogP contribution in [0.1, 0.15) is 24.3 Å². The lowest BCUT2D eigenvalue weighted by Gasteiger charge is -2.15. The van der Waals surface area contributed by atoms with Crippen LogP contribution in [-0.2, 0) is 0 Å². The van der Waals surface area contributed by atoms with Crippen LogP contribution in [-0.4, -0.2) is 46.6 Å². The van der Waals surface area contributed by atoms with Crippen LogP contribution in [0.2, 0.25) is 0 Å². The number of nitrogens with zero attached hydrogens (tertiary/aromatic N) is 6. The third kappa shape index (κ3) is 4.31. The maximum absolute atomic E-state index is 15.0. The fourth-order valence-corrected chi connectivity index (χ4v) is 3.80. The number of hydrogen-bond donors (Lipinski definition) is 3. The number of anilines is 2. The molecule has 10 nitrogen and oxygen atoms in total. The van der Waals surface area contributed by atoms with Gasteiger partial charge < -0.3 is 15.2 Å². The van der Waals surface area contributed by atoms with Gasteiger partial charge in [-0.2, -0.15) is 13.9 Å². The highest BCUT2D eigenvalue weighted by atomic mass is 19.3. The Hall–Kier alpha value is -4.52. The summed E-state index contributed by atoms with van der Waals surface area (Å²) >= 11 is 0. The second-order valence-corrected chi connectivity index (χ2v) is 7.86. The first kappa shape index (κ1) is 23.2. The average Bonchev–Trinajstić information content (AvgIpc) is 3.41. The Morgan fingerprint density at radius 1 is 1.19 bits per heavy atom. The van der Waals surface area contributed by atoms with Gasteiger partial charge in [0.2, 0.25) is 5.88 Å². The molecular formula is C23H19F3N8O2. The van der Waals surface area contributed by atoms with Gasteiger partial charge in [0, 0.05) is 23.5 Å². The summed E-state index contributed by atoms with van der Waals surface area (Å²) in [6.07, 6.45) is 2.00. The van der Waals surface area contributed by atoms with E-state index in [-0.39, 0.29) is 22.8 Å². The number of H-pyrrole nitrogens is 1. The maximum Gasteiger partial charge on any atom is 0.388 e. The molecule has 36 heavy (non-hydrogen) atoms. The standard InChI is InChI=1S/C23H19F3N8O2/c1-11-20(22(33-31-11)36-23(25)26)21-13(12(2)35)5-6-19(30-21)34-10-27-16-9-15(14(24)8-17(16)34)29-18-4-3-7-28-32-18/h3-10,12,23,35H,1-2H3,(H,29,32)(H,31,33)/t12-/m0/s1. The van der Waals surface area contributed by atoms with E-state index < -0.39 is 18.5 Å². The van der Waals surface area contributed by atoms with Gasteiger partial charge in [0.15, 0.2) is 5.82 Å². The molecule has 4 heterocycles. The van der Waals surface area contributed by atoms with Gasteiger partial charge in [-0.05, 0) is 38.1 Å². The Labute approximate surface area is 201 Å². The van der Waals surface area contributed by atoms with E-state index in [2.05, 4.69) is 40.4 Å². The first-order valence-corrected chi connectivity index (χ1v) is 10.7. The number of alkyl halides is 2. The highest BCUT2D eigenvalue weighted by Crippen LogP contribution is 2.36. The van der Waals surface area contributed by atoms with Crippen molar-refractivity contribution in [1.29, 1.82) is 0 Å². The third-order valence-corrected chi connectivity index (χ3v) is 5.43. The number of pyridine rings is 1. The predicted molar refractivity (Wildman–Crippen MR) is 124 cm³/mol. The topological polar surface area (TPSA) is 127 Å². The van der Waals surface area contributed by atoms with E-state index in [0.29, 0.717) is 33.9 Å². The number of aryl methyl sites for hydroxylation is 1. The number of aromatic nitrogens is 7. The first-order chi connectivity index (χ1) is 17.3. The molecule has 0 radical (unpaired) electrons. The Kier molecular flexibility index (Phi) is 5.98. The minimum atomic E-state index is -3.10. The van der Waals surface area contributed by atoms with Crippen LogP contribution in [0.5, 0.6) is 5.88 Å². The van der Waals surface area contributed by atoms with Crippen LogP contribution in [0.3, 0.4) is 0 Å². The van der Waals surface area contributed by atoms with Gasteiger partial charge >= 0.3 is 6.61 Å². The van der Waals surface area contributed by atoms with Crippen molar-refractivity contribution in [1.82, 2.24) is 34.9 Å². The van der Waals surface area contributed by atoms with Crippen LogP contribution in [0.15, 0.2) is 48.9 Å². The van der Waals surface area contributed by atoms with Crippen LogP contribution >= 0.6 is 0 Å². The number of rotatable bonds is 7. The van der Waals surface area contributed by atoms with Crippen LogP contribution in [0.25, 0.3) is 28.1 Å². The maximum atomic E-state index is 15.0. The van der Waals surface area contributed by atoms with Crippen LogP contribution < -0.4 is 10.1 Å². The molecule has 0 spiro atoms. The SMILES string of the molecule is Cc1[nH]nc(OC(F)F)c1-c1nc(-n2cnc3cc(Nc4cccnn4)c(F)cc32)ccc1[C@H](C)O. The summed E-state index contributed by atoms with van der Waals surface area (Å²) in [7, 11) is 0. The monoisotopic (exact) mass is 496 g/mol. The number of hydrogen-bond acceptors (Lipinski definition) is 8. The molecule has 0 amide bonds. The molecule has 4 aromatic heterocycles. The van der Waals surface area contributed by atoms with Gasteiger partial charge in [-0.25, -0.2) is 14.4 Å². The number of aromatic amines is 1. The van der Waals surface area contributed by atoms with Crippen LogP contribution in [0, 0.1) is 12.7 Å². The number of imidazole rings is 1. The molecule has 0 fully saturated rings. The molecule has 1 aromatic carbocycles. The first-order valence-electron chi connectivity index (χ1n) is 10.7. The quantitative estimate of drug-likeness (QED) is 0.302. The predicted octanol–water partition coefficient (Wildman–Crippen LogP) is 4.45. The summed E-state index contributed by atoms with van der Waals surface area (Å²) in [5.74, 6) is -0.230. The molecule has 13 heteroatoms. The molecule has 0 unspecified atom stereocenters. The van der Waals surface area contributed by atoms with Crippen molar-refractivity contribution in [3.63, 3.8) is 0 Å². The highest BCUT2D eigenvalue weighted by molar-refractivity contribution is 5.82. The Morgan fingerprint density at radius 3 is 2.75 bits per heavy atom.